The van der Waals surface area contributed by atoms with Crippen LogP contribution in [0.4, 0.5) is 5.69 Å². The molecule has 2 rings (SSSR count). The predicted octanol–water partition coefficient (Wildman–Crippen LogP) is 5.84. The lowest BCUT2D eigenvalue weighted by atomic mass is 10.0. The van der Waals surface area contributed by atoms with Gasteiger partial charge in [0.05, 0.1) is 0 Å². The Morgan fingerprint density at radius 2 is 1.89 bits per heavy atom. The summed E-state index contributed by atoms with van der Waals surface area (Å²) in [5.41, 5.74) is 3.59. The normalized spacial score (nSPS) is 10.8. The molecule has 0 amide bonds. The molecule has 0 fully saturated rings. The molecule has 0 aliphatic carbocycles. The highest BCUT2D eigenvalue weighted by molar-refractivity contribution is 9.10. The van der Waals surface area contributed by atoms with E-state index >= 15 is 0 Å². The molecule has 0 radical (unpaired) electrons. The standard InChI is InChI=1S/C16H17BrClN/c1-11(2)14-5-3-4-6-16(14)19-10-12-9-13(17)7-8-15(12)18/h3-9,11,19H,10H2,1-2H3. The number of para-hydroxylation sites is 1. The number of halogens is 2. The van der Waals surface area contributed by atoms with E-state index in [9.17, 15) is 0 Å². The van der Waals surface area contributed by atoms with Gasteiger partial charge >= 0.3 is 0 Å². The van der Waals surface area contributed by atoms with Crippen LogP contribution in [-0.4, -0.2) is 0 Å². The lowest BCUT2D eigenvalue weighted by molar-refractivity contribution is 0.865. The van der Waals surface area contributed by atoms with Crippen molar-refractivity contribution in [3.05, 3.63) is 63.1 Å². The minimum atomic E-state index is 0.502. The van der Waals surface area contributed by atoms with Crippen LogP contribution in [0.15, 0.2) is 46.9 Å². The number of nitrogens with one attached hydrogen (secondary N) is 1. The molecular weight excluding hydrogens is 322 g/mol. The molecule has 0 spiro atoms. The van der Waals surface area contributed by atoms with Crippen molar-refractivity contribution < 1.29 is 0 Å². The fourth-order valence-electron chi connectivity index (χ4n) is 2.03. The van der Waals surface area contributed by atoms with Gasteiger partial charge in [0.1, 0.15) is 0 Å². The average Bonchev–Trinajstić information content (AvgIpc) is 2.40. The number of hydrogen-bond acceptors (Lipinski definition) is 1. The minimum Gasteiger partial charge on any atom is -0.381 e. The van der Waals surface area contributed by atoms with Crippen molar-refractivity contribution in [3.8, 4) is 0 Å². The largest absolute Gasteiger partial charge is 0.381 e. The Kier molecular flexibility index (Phi) is 4.89. The molecule has 2 aromatic carbocycles. The number of benzene rings is 2. The first-order valence-corrected chi connectivity index (χ1v) is 7.51. The van der Waals surface area contributed by atoms with Gasteiger partial charge in [-0.05, 0) is 41.3 Å². The van der Waals surface area contributed by atoms with Crippen molar-refractivity contribution in [2.24, 2.45) is 0 Å². The van der Waals surface area contributed by atoms with E-state index in [1.807, 2.05) is 18.2 Å². The van der Waals surface area contributed by atoms with E-state index < -0.39 is 0 Å². The summed E-state index contributed by atoms with van der Waals surface area (Å²) in [5.74, 6) is 0.502. The first kappa shape index (κ1) is 14.4. The summed E-state index contributed by atoms with van der Waals surface area (Å²) in [6, 6.07) is 14.3. The maximum absolute atomic E-state index is 6.20. The Morgan fingerprint density at radius 1 is 1.16 bits per heavy atom. The molecule has 1 nitrogen and oxygen atoms in total. The summed E-state index contributed by atoms with van der Waals surface area (Å²) in [6.45, 7) is 5.13. The van der Waals surface area contributed by atoms with Crippen LogP contribution in [-0.2, 0) is 6.54 Å². The molecule has 0 bridgehead atoms. The van der Waals surface area contributed by atoms with Gasteiger partial charge in [-0.2, -0.15) is 0 Å². The van der Waals surface area contributed by atoms with Crippen LogP contribution >= 0.6 is 27.5 Å². The Morgan fingerprint density at radius 3 is 2.63 bits per heavy atom. The van der Waals surface area contributed by atoms with Gasteiger partial charge < -0.3 is 5.32 Å². The average molecular weight is 339 g/mol. The zero-order valence-corrected chi connectivity index (χ0v) is 13.4. The molecule has 0 aliphatic heterocycles. The number of anilines is 1. The van der Waals surface area contributed by atoms with Crippen LogP contribution in [0, 0.1) is 0 Å². The minimum absolute atomic E-state index is 0.502. The van der Waals surface area contributed by atoms with E-state index in [1.165, 1.54) is 11.3 Å². The van der Waals surface area contributed by atoms with Crippen LogP contribution < -0.4 is 5.32 Å². The summed E-state index contributed by atoms with van der Waals surface area (Å²) in [5, 5.41) is 4.26. The van der Waals surface area contributed by atoms with E-state index in [-0.39, 0.29) is 0 Å². The van der Waals surface area contributed by atoms with E-state index in [2.05, 4.69) is 59.4 Å². The van der Waals surface area contributed by atoms with Gasteiger partial charge in [0.15, 0.2) is 0 Å². The second-order valence-electron chi connectivity index (χ2n) is 4.83. The smallest absolute Gasteiger partial charge is 0.0456 e. The summed E-state index contributed by atoms with van der Waals surface area (Å²) < 4.78 is 1.05. The van der Waals surface area contributed by atoms with Gasteiger partial charge in [-0.1, -0.05) is 59.6 Å². The third-order valence-electron chi connectivity index (χ3n) is 3.06. The second kappa shape index (κ2) is 6.44. The highest BCUT2D eigenvalue weighted by Crippen LogP contribution is 2.26. The van der Waals surface area contributed by atoms with Crippen molar-refractivity contribution in [1.82, 2.24) is 0 Å². The van der Waals surface area contributed by atoms with Crippen molar-refractivity contribution in [2.75, 3.05) is 5.32 Å². The van der Waals surface area contributed by atoms with Gasteiger partial charge in [0, 0.05) is 21.7 Å². The molecule has 0 aromatic heterocycles. The van der Waals surface area contributed by atoms with E-state index in [0.29, 0.717) is 5.92 Å². The van der Waals surface area contributed by atoms with Crippen molar-refractivity contribution >= 4 is 33.2 Å². The first-order valence-electron chi connectivity index (χ1n) is 6.34. The molecule has 0 heterocycles. The van der Waals surface area contributed by atoms with Gasteiger partial charge in [0.25, 0.3) is 0 Å². The maximum atomic E-state index is 6.20. The molecule has 0 unspecified atom stereocenters. The summed E-state index contributed by atoms with van der Waals surface area (Å²) in [4.78, 5) is 0. The molecule has 0 atom stereocenters. The Hall–Kier alpha value is -0.990. The molecule has 19 heavy (non-hydrogen) atoms. The van der Waals surface area contributed by atoms with Crippen molar-refractivity contribution in [2.45, 2.75) is 26.3 Å². The van der Waals surface area contributed by atoms with E-state index in [0.717, 1.165) is 21.6 Å². The van der Waals surface area contributed by atoms with Crippen LogP contribution in [0.1, 0.15) is 30.9 Å². The SMILES string of the molecule is CC(C)c1ccccc1NCc1cc(Br)ccc1Cl. The summed E-state index contributed by atoms with van der Waals surface area (Å²) in [7, 11) is 0. The lowest BCUT2D eigenvalue weighted by Crippen LogP contribution is -2.03. The molecule has 0 aliphatic rings. The van der Waals surface area contributed by atoms with Gasteiger partial charge in [-0.25, -0.2) is 0 Å². The highest BCUT2D eigenvalue weighted by Gasteiger charge is 2.06. The zero-order valence-electron chi connectivity index (χ0n) is 11.1. The predicted molar refractivity (Wildman–Crippen MR) is 87.0 cm³/mol. The molecule has 3 heteroatoms. The van der Waals surface area contributed by atoms with Crippen LogP contribution in [0.25, 0.3) is 0 Å². The Balaban J connectivity index is 2.17. The molecule has 0 saturated heterocycles. The third-order valence-corrected chi connectivity index (χ3v) is 3.92. The zero-order chi connectivity index (χ0) is 13.8. The van der Waals surface area contributed by atoms with Crippen LogP contribution in [0.2, 0.25) is 5.02 Å². The number of hydrogen-bond donors (Lipinski definition) is 1. The fourth-order valence-corrected chi connectivity index (χ4v) is 2.62. The molecule has 1 N–H and O–H groups in total. The first-order chi connectivity index (χ1) is 9.08. The van der Waals surface area contributed by atoms with E-state index in [4.69, 9.17) is 11.6 Å². The van der Waals surface area contributed by atoms with Gasteiger partial charge in [-0.3, -0.25) is 0 Å². The topological polar surface area (TPSA) is 12.0 Å². The van der Waals surface area contributed by atoms with Gasteiger partial charge in [-0.15, -0.1) is 0 Å². The monoisotopic (exact) mass is 337 g/mol. The quantitative estimate of drug-likeness (QED) is 0.738. The summed E-state index contributed by atoms with van der Waals surface area (Å²) >= 11 is 9.68. The second-order valence-corrected chi connectivity index (χ2v) is 6.15. The highest BCUT2D eigenvalue weighted by atomic mass is 79.9. The van der Waals surface area contributed by atoms with Crippen LogP contribution in [0.3, 0.4) is 0 Å². The van der Waals surface area contributed by atoms with E-state index in [1.54, 1.807) is 0 Å². The third kappa shape index (κ3) is 3.74. The molecule has 0 saturated carbocycles. The fraction of sp³-hybridized carbons (Fsp3) is 0.250. The van der Waals surface area contributed by atoms with Gasteiger partial charge in [0.2, 0.25) is 0 Å². The Bertz CT molecular complexity index is 566. The number of rotatable bonds is 4. The van der Waals surface area contributed by atoms with Crippen LogP contribution in [0.5, 0.6) is 0 Å². The Labute approximate surface area is 128 Å². The maximum Gasteiger partial charge on any atom is 0.0456 e. The molecule has 2 aromatic rings. The van der Waals surface area contributed by atoms with Crippen molar-refractivity contribution in [1.29, 1.82) is 0 Å². The summed E-state index contributed by atoms with van der Waals surface area (Å²) in [6.07, 6.45) is 0. The molecule has 100 valence electrons. The molecular formula is C16H17BrClN. The lowest BCUT2D eigenvalue weighted by Gasteiger charge is -2.15. The van der Waals surface area contributed by atoms with Crippen molar-refractivity contribution in [3.63, 3.8) is 0 Å².